The van der Waals surface area contributed by atoms with E-state index in [4.69, 9.17) is 10.2 Å². The largest absolute Gasteiger partial charge is 0.518 e. The first kappa shape index (κ1) is 16.2. The van der Waals surface area contributed by atoms with Crippen LogP contribution in [0.25, 0.3) is 0 Å². The van der Waals surface area contributed by atoms with Crippen molar-refractivity contribution in [2.45, 2.75) is 58.4 Å². The second-order valence-electron chi connectivity index (χ2n) is 6.49. The average molecular weight is 286 g/mol. The monoisotopic (exact) mass is 286 g/mol. The second-order valence-corrected chi connectivity index (χ2v) is 10.9. The molecule has 0 bridgehead atoms. The topological polar surface area (TPSA) is 72.6 Å². The Bertz CT molecular complexity index is 352. The Balaban J connectivity index is 2.74. The van der Waals surface area contributed by atoms with E-state index in [-0.39, 0.29) is 17.8 Å². The Hall–Kier alpha value is -0.883. The lowest BCUT2D eigenvalue weighted by Gasteiger charge is -2.29. The highest BCUT2D eigenvalue weighted by atomic mass is 28.4. The first-order chi connectivity index (χ1) is 8.63. The van der Waals surface area contributed by atoms with Gasteiger partial charge in [-0.05, 0) is 38.4 Å². The molecule has 1 rings (SSSR count). The molecule has 1 fully saturated rings. The molecule has 0 aliphatic carbocycles. The Morgan fingerprint density at radius 1 is 1.32 bits per heavy atom. The molecule has 0 aromatic heterocycles. The first-order valence-corrected chi connectivity index (χ1v) is 10.3. The van der Waals surface area contributed by atoms with E-state index < -0.39 is 20.4 Å². The van der Waals surface area contributed by atoms with Gasteiger partial charge in [-0.1, -0.05) is 13.8 Å². The minimum atomic E-state index is -1.92. The molecule has 0 spiro atoms. The van der Waals surface area contributed by atoms with Gasteiger partial charge in [-0.2, -0.15) is 0 Å². The molecule has 1 aliphatic heterocycles. The highest BCUT2D eigenvalue weighted by molar-refractivity contribution is 6.71. The number of hydrogen-bond donors (Lipinski definition) is 1. The summed E-state index contributed by atoms with van der Waals surface area (Å²) in [6, 6.07) is -0.982. The van der Waals surface area contributed by atoms with Crippen molar-refractivity contribution < 1.29 is 14.0 Å². The standard InChI is InChI=1S/C13H26N2O3Si/c1-9(2)11(14)12(16)15-8-6-7-10(15)13(17)18-19(3,4)5/h9-11H,6-8,14H2,1-5H3/t10-,11-/m0/s1. The predicted octanol–water partition coefficient (Wildman–Crippen LogP) is 1.34. The van der Waals surface area contributed by atoms with Gasteiger partial charge in [0.15, 0.2) is 0 Å². The lowest BCUT2D eigenvalue weighted by molar-refractivity contribution is -0.147. The van der Waals surface area contributed by atoms with Crippen LogP contribution in [0.2, 0.25) is 19.6 Å². The molecule has 1 amide bonds. The molecular formula is C13H26N2O3Si. The van der Waals surface area contributed by atoms with Crippen molar-refractivity contribution in [3.8, 4) is 0 Å². The van der Waals surface area contributed by atoms with E-state index in [9.17, 15) is 9.59 Å². The van der Waals surface area contributed by atoms with Gasteiger partial charge in [-0.3, -0.25) is 9.59 Å². The average Bonchev–Trinajstić information content (AvgIpc) is 2.73. The summed E-state index contributed by atoms with van der Waals surface area (Å²) < 4.78 is 5.51. The van der Waals surface area contributed by atoms with Gasteiger partial charge >= 0.3 is 5.97 Å². The molecule has 0 aromatic carbocycles. The summed E-state index contributed by atoms with van der Waals surface area (Å²) in [6.45, 7) is 10.3. The maximum Gasteiger partial charge on any atom is 0.315 e. The van der Waals surface area contributed by atoms with Gasteiger partial charge in [0.1, 0.15) is 6.04 Å². The molecule has 1 aliphatic rings. The number of carbonyl (C=O) groups is 2. The predicted molar refractivity (Wildman–Crippen MR) is 77.0 cm³/mol. The number of carbonyl (C=O) groups excluding carboxylic acids is 2. The fraction of sp³-hybridized carbons (Fsp3) is 0.846. The third kappa shape index (κ3) is 4.31. The highest BCUT2D eigenvalue weighted by Gasteiger charge is 2.39. The third-order valence-electron chi connectivity index (χ3n) is 3.22. The van der Waals surface area contributed by atoms with E-state index >= 15 is 0 Å². The molecule has 5 nitrogen and oxygen atoms in total. The second kappa shape index (κ2) is 6.05. The molecule has 19 heavy (non-hydrogen) atoms. The molecule has 110 valence electrons. The molecule has 2 N–H and O–H groups in total. The van der Waals surface area contributed by atoms with Crippen LogP contribution in [0.5, 0.6) is 0 Å². The zero-order valence-corrected chi connectivity index (χ0v) is 13.6. The molecule has 0 radical (unpaired) electrons. The van der Waals surface area contributed by atoms with Gasteiger partial charge in [-0.25, -0.2) is 0 Å². The fourth-order valence-electron chi connectivity index (χ4n) is 2.12. The molecule has 0 saturated carbocycles. The highest BCUT2D eigenvalue weighted by Crippen LogP contribution is 2.22. The molecule has 2 atom stereocenters. The SMILES string of the molecule is CC(C)[C@H](N)C(=O)N1CCC[C@H]1C(=O)O[Si](C)(C)C. The third-order valence-corrected chi connectivity index (χ3v) is 4.03. The zero-order valence-electron chi connectivity index (χ0n) is 12.6. The molecular weight excluding hydrogens is 260 g/mol. The number of rotatable bonds is 4. The van der Waals surface area contributed by atoms with Gasteiger partial charge in [0.25, 0.3) is 0 Å². The minimum Gasteiger partial charge on any atom is -0.518 e. The van der Waals surface area contributed by atoms with E-state index in [2.05, 4.69) is 0 Å². The van der Waals surface area contributed by atoms with Crippen molar-refractivity contribution in [2.75, 3.05) is 6.54 Å². The Labute approximate surface area is 116 Å². The van der Waals surface area contributed by atoms with Crippen LogP contribution in [0.3, 0.4) is 0 Å². The quantitative estimate of drug-likeness (QED) is 0.792. The van der Waals surface area contributed by atoms with Gasteiger partial charge < -0.3 is 15.1 Å². The summed E-state index contributed by atoms with van der Waals surface area (Å²) in [7, 11) is -1.92. The van der Waals surface area contributed by atoms with Gasteiger partial charge in [0, 0.05) is 6.54 Å². The summed E-state index contributed by atoms with van der Waals surface area (Å²) in [6.07, 6.45) is 1.52. The lowest BCUT2D eigenvalue weighted by atomic mass is 10.0. The van der Waals surface area contributed by atoms with Crippen LogP contribution >= 0.6 is 0 Å². The van der Waals surface area contributed by atoms with Crippen LogP contribution in [-0.4, -0.2) is 43.7 Å². The van der Waals surface area contributed by atoms with Gasteiger partial charge in [-0.15, -0.1) is 0 Å². The van der Waals surface area contributed by atoms with E-state index in [1.54, 1.807) is 4.90 Å². The van der Waals surface area contributed by atoms with Crippen LogP contribution in [0.1, 0.15) is 26.7 Å². The van der Waals surface area contributed by atoms with Gasteiger partial charge in [0.2, 0.25) is 14.2 Å². The van der Waals surface area contributed by atoms with E-state index in [1.807, 2.05) is 33.5 Å². The first-order valence-electron chi connectivity index (χ1n) is 6.92. The minimum absolute atomic E-state index is 0.0711. The molecule has 0 unspecified atom stereocenters. The van der Waals surface area contributed by atoms with Crippen molar-refractivity contribution in [2.24, 2.45) is 11.7 Å². The normalized spacial score (nSPS) is 21.6. The molecule has 1 heterocycles. The van der Waals surface area contributed by atoms with Crippen LogP contribution in [0, 0.1) is 5.92 Å². The van der Waals surface area contributed by atoms with Crippen molar-refractivity contribution in [1.82, 2.24) is 4.90 Å². The Kier molecular flexibility index (Phi) is 5.15. The summed E-state index contributed by atoms with van der Waals surface area (Å²) in [5, 5.41) is 0. The number of nitrogens with two attached hydrogens (primary N) is 1. The smallest absolute Gasteiger partial charge is 0.315 e. The van der Waals surface area contributed by atoms with E-state index in [1.165, 1.54) is 0 Å². The number of nitrogens with zero attached hydrogens (tertiary/aromatic N) is 1. The number of amides is 1. The summed E-state index contributed by atoms with van der Waals surface area (Å²) in [4.78, 5) is 26.0. The van der Waals surface area contributed by atoms with Crippen LogP contribution < -0.4 is 5.73 Å². The molecule has 0 aromatic rings. The fourth-order valence-corrected chi connectivity index (χ4v) is 2.86. The van der Waals surface area contributed by atoms with Crippen molar-refractivity contribution in [1.29, 1.82) is 0 Å². The molecule has 1 saturated heterocycles. The van der Waals surface area contributed by atoms with Crippen molar-refractivity contribution in [3.05, 3.63) is 0 Å². The van der Waals surface area contributed by atoms with Crippen molar-refractivity contribution in [3.63, 3.8) is 0 Å². The maximum absolute atomic E-state index is 12.3. The lowest BCUT2D eigenvalue weighted by Crippen LogP contribution is -2.51. The van der Waals surface area contributed by atoms with Crippen LogP contribution in [0.15, 0.2) is 0 Å². The van der Waals surface area contributed by atoms with Crippen molar-refractivity contribution >= 4 is 20.2 Å². The van der Waals surface area contributed by atoms with Crippen LogP contribution in [0.4, 0.5) is 0 Å². The summed E-state index contributed by atoms with van der Waals surface area (Å²) in [5.74, 6) is -0.326. The molecule has 6 heteroatoms. The maximum atomic E-state index is 12.3. The zero-order chi connectivity index (χ0) is 14.8. The van der Waals surface area contributed by atoms with Gasteiger partial charge in [0.05, 0.1) is 6.04 Å². The van der Waals surface area contributed by atoms with E-state index in [0.29, 0.717) is 13.0 Å². The Morgan fingerprint density at radius 3 is 2.37 bits per heavy atom. The summed E-state index contributed by atoms with van der Waals surface area (Å²) >= 11 is 0. The van der Waals surface area contributed by atoms with E-state index in [0.717, 1.165) is 6.42 Å². The Morgan fingerprint density at radius 2 is 1.89 bits per heavy atom. The number of likely N-dealkylation sites (tertiary alicyclic amines) is 1. The summed E-state index contributed by atoms with van der Waals surface area (Å²) in [5.41, 5.74) is 5.89. The van der Waals surface area contributed by atoms with Crippen LogP contribution in [-0.2, 0) is 14.0 Å². The number of hydrogen-bond acceptors (Lipinski definition) is 4.